The highest BCUT2D eigenvalue weighted by Gasteiger charge is 2.11. The van der Waals surface area contributed by atoms with Crippen molar-refractivity contribution in [3.05, 3.63) is 65.2 Å². The Labute approximate surface area is 202 Å². The first-order valence-corrected chi connectivity index (χ1v) is 10.8. The molecular weight excluding hydrogens is 501 g/mol. The van der Waals surface area contributed by atoms with Gasteiger partial charge in [0.25, 0.3) is 0 Å². The predicted octanol–water partition coefficient (Wildman–Crippen LogP) is 3.77. The Balaban J connectivity index is 0.00000341. The molecule has 0 aliphatic carbocycles. The molecule has 0 radical (unpaired) electrons. The van der Waals surface area contributed by atoms with Crippen LogP contribution < -0.4 is 16.0 Å². The highest BCUT2D eigenvalue weighted by molar-refractivity contribution is 14.0. The van der Waals surface area contributed by atoms with E-state index < -0.39 is 0 Å². The predicted molar refractivity (Wildman–Crippen MR) is 139 cm³/mol. The lowest BCUT2D eigenvalue weighted by Gasteiger charge is -2.15. The Bertz CT molecular complexity index is 847. The zero-order chi connectivity index (χ0) is 21.2. The fraction of sp³-hybridized carbons (Fsp3) is 0.417. The van der Waals surface area contributed by atoms with Gasteiger partial charge in [-0.15, -0.1) is 24.0 Å². The van der Waals surface area contributed by atoms with Crippen LogP contribution in [0.5, 0.6) is 0 Å². The molecule has 7 heteroatoms. The number of hydrogen-bond acceptors (Lipinski definition) is 3. The number of likely N-dealkylation sites (tertiary alicyclic amines) is 1. The van der Waals surface area contributed by atoms with Crippen molar-refractivity contribution in [3.8, 4) is 0 Å². The third kappa shape index (κ3) is 8.49. The first-order chi connectivity index (χ1) is 14.7. The summed E-state index contributed by atoms with van der Waals surface area (Å²) in [5, 5.41) is 9.25. The van der Waals surface area contributed by atoms with Gasteiger partial charge in [-0.2, -0.15) is 0 Å². The molecule has 3 N–H and O–H groups in total. The Hall–Kier alpha value is -2.13. The number of rotatable bonds is 8. The van der Waals surface area contributed by atoms with Crippen molar-refractivity contribution in [2.24, 2.45) is 4.99 Å². The van der Waals surface area contributed by atoms with Crippen LogP contribution in [0.4, 0.5) is 5.69 Å². The van der Waals surface area contributed by atoms with Crippen LogP contribution in [0.15, 0.2) is 53.5 Å². The molecule has 1 heterocycles. The highest BCUT2D eigenvalue weighted by atomic mass is 127. The number of benzene rings is 2. The van der Waals surface area contributed by atoms with Crippen LogP contribution in [0.1, 0.15) is 36.5 Å². The molecule has 0 atom stereocenters. The van der Waals surface area contributed by atoms with Gasteiger partial charge in [0.05, 0.1) is 6.54 Å². The van der Waals surface area contributed by atoms with E-state index in [2.05, 4.69) is 63.1 Å². The molecule has 31 heavy (non-hydrogen) atoms. The van der Waals surface area contributed by atoms with Gasteiger partial charge in [-0.05, 0) is 61.2 Å². The van der Waals surface area contributed by atoms with Gasteiger partial charge in [-0.25, -0.2) is 0 Å². The fourth-order valence-corrected chi connectivity index (χ4v) is 3.61. The summed E-state index contributed by atoms with van der Waals surface area (Å²) in [6.07, 6.45) is 3.58. The topological polar surface area (TPSA) is 68.8 Å². The van der Waals surface area contributed by atoms with Crippen molar-refractivity contribution in [1.29, 1.82) is 0 Å². The first kappa shape index (κ1) is 25.1. The summed E-state index contributed by atoms with van der Waals surface area (Å²) in [5.74, 6) is 0.506. The molecule has 0 spiro atoms. The molecule has 3 rings (SSSR count). The number of carbonyl (C=O) groups excluding carboxylic acids is 1. The maximum atomic E-state index is 12.2. The van der Waals surface area contributed by atoms with Crippen LogP contribution in [0, 0.1) is 0 Å². The van der Waals surface area contributed by atoms with E-state index in [4.69, 9.17) is 0 Å². The average molecular weight is 535 g/mol. The summed E-state index contributed by atoms with van der Waals surface area (Å²) in [6.45, 7) is 6.37. The van der Waals surface area contributed by atoms with Gasteiger partial charge in [-0.3, -0.25) is 14.7 Å². The largest absolute Gasteiger partial charge is 0.352 e. The summed E-state index contributed by atoms with van der Waals surface area (Å²) in [6, 6.07) is 16.6. The number of amides is 1. The van der Waals surface area contributed by atoms with Crippen LogP contribution >= 0.6 is 24.0 Å². The number of aryl methyl sites for hydroxylation is 1. The monoisotopic (exact) mass is 535 g/mol. The Morgan fingerprint density at radius 3 is 2.39 bits per heavy atom. The number of halogens is 1. The third-order valence-corrected chi connectivity index (χ3v) is 5.35. The van der Waals surface area contributed by atoms with E-state index in [0.29, 0.717) is 12.5 Å². The van der Waals surface area contributed by atoms with E-state index in [-0.39, 0.29) is 36.4 Å². The normalized spacial score (nSPS) is 14.1. The van der Waals surface area contributed by atoms with Crippen LogP contribution in [-0.2, 0) is 24.3 Å². The summed E-state index contributed by atoms with van der Waals surface area (Å²) in [4.78, 5) is 18.9. The lowest BCUT2D eigenvalue weighted by molar-refractivity contribution is -0.115. The Kier molecular flexibility index (Phi) is 10.8. The molecule has 0 aromatic heterocycles. The van der Waals surface area contributed by atoms with Crippen LogP contribution in [0.3, 0.4) is 0 Å². The van der Waals surface area contributed by atoms with Crippen LogP contribution in [0.25, 0.3) is 0 Å². The zero-order valence-corrected chi connectivity index (χ0v) is 20.8. The number of guanidine groups is 1. The van der Waals surface area contributed by atoms with Crippen molar-refractivity contribution in [2.75, 3.05) is 32.0 Å². The minimum Gasteiger partial charge on any atom is -0.352 e. The van der Waals surface area contributed by atoms with Gasteiger partial charge in [0, 0.05) is 25.8 Å². The van der Waals surface area contributed by atoms with E-state index in [0.717, 1.165) is 18.7 Å². The second-order valence-corrected chi connectivity index (χ2v) is 7.68. The fourth-order valence-electron chi connectivity index (χ4n) is 3.61. The van der Waals surface area contributed by atoms with Gasteiger partial charge in [0.1, 0.15) is 0 Å². The lowest BCUT2D eigenvalue weighted by Crippen LogP contribution is -2.41. The smallest absolute Gasteiger partial charge is 0.243 e. The molecule has 2 aromatic carbocycles. The van der Waals surface area contributed by atoms with E-state index in [1.54, 1.807) is 7.05 Å². The van der Waals surface area contributed by atoms with Crippen molar-refractivity contribution >= 4 is 41.5 Å². The summed E-state index contributed by atoms with van der Waals surface area (Å²) >= 11 is 0. The molecule has 0 unspecified atom stereocenters. The van der Waals surface area contributed by atoms with E-state index in [1.807, 2.05) is 18.2 Å². The van der Waals surface area contributed by atoms with Crippen LogP contribution in [-0.4, -0.2) is 43.4 Å². The average Bonchev–Trinajstić information content (AvgIpc) is 3.28. The number of aliphatic imine (C=N–C) groups is 1. The summed E-state index contributed by atoms with van der Waals surface area (Å²) in [7, 11) is 1.71. The molecule has 1 aliphatic heterocycles. The third-order valence-electron chi connectivity index (χ3n) is 5.35. The number of anilines is 1. The van der Waals surface area contributed by atoms with Crippen molar-refractivity contribution in [3.63, 3.8) is 0 Å². The SMILES string of the molecule is CCc1cccc(NC(=O)CNC(=NC)NCc2ccc(CN3CCCC3)cc2)c1.I. The number of hydrogen-bond donors (Lipinski definition) is 3. The van der Waals surface area contributed by atoms with Crippen LogP contribution in [0.2, 0.25) is 0 Å². The maximum absolute atomic E-state index is 12.2. The molecule has 1 fully saturated rings. The number of nitrogens with one attached hydrogen (secondary N) is 3. The second kappa shape index (κ2) is 13.3. The Morgan fingerprint density at radius 1 is 1.00 bits per heavy atom. The maximum Gasteiger partial charge on any atom is 0.243 e. The van der Waals surface area contributed by atoms with Gasteiger partial charge < -0.3 is 16.0 Å². The minimum absolute atomic E-state index is 0. The first-order valence-electron chi connectivity index (χ1n) is 10.8. The summed E-state index contributed by atoms with van der Waals surface area (Å²) in [5.41, 5.74) is 4.55. The van der Waals surface area contributed by atoms with Crippen molar-refractivity contribution < 1.29 is 4.79 Å². The number of nitrogens with zero attached hydrogens (tertiary/aromatic N) is 2. The molecule has 6 nitrogen and oxygen atoms in total. The van der Waals surface area contributed by atoms with E-state index in [9.17, 15) is 4.79 Å². The molecular formula is C24H34IN5O. The van der Waals surface area contributed by atoms with Gasteiger partial charge >= 0.3 is 0 Å². The van der Waals surface area contributed by atoms with E-state index >= 15 is 0 Å². The molecule has 1 saturated heterocycles. The second-order valence-electron chi connectivity index (χ2n) is 7.68. The molecule has 0 saturated carbocycles. The molecule has 168 valence electrons. The number of carbonyl (C=O) groups is 1. The van der Waals surface area contributed by atoms with Crippen molar-refractivity contribution in [1.82, 2.24) is 15.5 Å². The van der Waals surface area contributed by atoms with E-state index in [1.165, 1.54) is 42.6 Å². The van der Waals surface area contributed by atoms with Gasteiger partial charge in [-0.1, -0.05) is 43.3 Å². The molecule has 2 aromatic rings. The molecule has 1 amide bonds. The Morgan fingerprint density at radius 2 is 1.71 bits per heavy atom. The zero-order valence-electron chi connectivity index (χ0n) is 18.5. The van der Waals surface area contributed by atoms with Gasteiger partial charge in [0.15, 0.2) is 5.96 Å². The lowest BCUT2D eigenvalue weighted by atomic mass is 10.1. The van der Waals surface area contributed by atoms with Gasteiger partial charge in [0.2, 0.25) is 5.91 Å². The standard InChI is InChI=1S/C24H33N5O.HI/c1-3-19-7-6-8-22(15-19)28-23(30)17-27-24(25-2)26-16-20-9-11-21(12-10-20)18-29-13-4-5-14-29;/h6-12,15H,3-5,13-14,16-18H2,1-2H3,(H,28,30)(H2,25,26,27);1H. The molecule has 1 aliphatic rings. The molecule has 0 bridgehead atoms. The minimum atomic E-state index is -0.0996. The van der Waals surface area contributed by atoms with Crippen molar-refractivity contribution in [2.45, 2.75) is 39.3 Å². The highest BCUT2D eigenvalue weighted by Crippen LogP contribution is 2.13. The quantitative estimate of drug-likeness (QED) is 0.274. The summed E-state index contributed by atoms with van der Waals surface area (Å²) < 4.78 is 0.